The van der Waals surface area contributed by atoms with Crippen LogP contribution in [0.5, 0.6) is 0 Å². The molecule has 0 aromatic heterocycles. The molecule has 0 aliphatic carbocycles. The molecule has 0 saturated heterocycles. The van der Waals surface area contributed by atoms with Gasteiger partial charge in [0.1, 0.15) is 0 Å². The van der Waals surface area contributed by atoms with Gasteiger partial charge in [-0.3, -0.25) is 0 Å². The number of aliphatic hydroxyl groups excluding tert-OH is 3. The monoisotopic (exact) mass is 302 g/mol. The topological polar surface area (TPSA) is 60.7 Å². The van der Waals surface area contributed by atoms with Crippen LogP contribution in [-0.4, -0.2) is 35.1 Å². The molecule has 4 unspecified atom stereocenters. The van der Waals surface area contributed by atoms with Crippen LogP contribution < -0.4 is 0 Å². The maximum absolute atomic E-state index is 9.44. The molecule has 128 valence electrons. The van der Waals surface area contributed by atoms with Gasteiger partial charge in [0.2, 0.25) is 0 Å². The third-order valence-electron chi connectivity index (χ3n) is 5.25. The van der Waals surface area contributed by atoms with Gasteiger partial charge >= 0.3 is 0 Å². The summed E-state index contributed by atoms with van der Waals surface area (Å²) in [4.78, 5) is 0. The largest absolute Gasteiger partial charge is 0.396 e. The van der Waals surface area contributed by atoms with Gasteiger partial charge in [-0.05, 0) is 49.4 Å². The highest BCUT2D eigenvalue weighted by Gasteiger charge is 2.29. The molecule has 21 heavy (non-hydrogen) atoms. The highest BCUT2D eigenvalue weighted by Crippen LogP contribution is 2.37. The minimum absolute atomic E-state index is 0.262. The van der Waals surface area contributed by atoms with Gasteiger partial charge in [0.25, 0.3) is 0 Å². The molecule has 0 aliphatic rings. The molecule has 0 aliphatic heterocycles. The summed E-state index contributed by atoms with van der Waals surface area (Å²) in [7, 11) is 0. The van der Waals surface area contributed by atoms with Crippen molar-refractivity contribution in [1.29, 1.82) is 0 Å². The Hall–Kier alpha value is -0.120. The lowest BCUT2D eigenvalue weighted by Crippen LogP contribution is -2.28. The van der Waals surface area contributed by atoms with E-state index in [1.807, 2.05) is 0 Å². The Balaban J connectivity index is 4.69. The van der Waals surface area contributed by atoms with E-state index in [0.29, 0.717) is 30.3 Å². The van der Waals surface area contributed by atoms with E-state index < -0.39 is 0 Å². The highest BCUT2D eigenvalue weighted by molar-refractivity contribution is 4.79. The fourth-order valence-electron chi connectivity index (χ4n) is 3.86. The quantitative estimate of drug-likeness (QED) is 0.430. The Morgan fingerprint density at radius 1 is 0.667 bits per heavy atom. The molecule has 4 atom stereocenters. The predicted octanol–water partition coefficient (Wildman–Crippen LogP) is 3.61. The van der Waals surface area contributed by atoms with Crippen LogP contribution in [0.1, 0.15) is 72.1 Å². The number of hydrogen-bond donors (Lipinski definition) is 3. The Morgan fingerprint density at radius 2 is 1.24 bits per heavy atom. The van der Waals surface area contributed by atoms with E-state index in [0.717, 1.165) is 38.5 Å². The number of rotatable bonds is 14. The van der Waals surface area contributed by atoms with E-state index in [9.17, 15) is 5.11 Å². The Labute approximate surface area is 131 Å². The molecule has 3 nitrogen and oxygen atoms in total. The summed E-state index contributed by atoms with van der Waals surface area (Å²) < 4.78 is 0. The fraction of sp³-hybridized carbons (Fsp3) is 1.00. The van der Waals surface area contributed by atoms with Crippen LogP contribution in [0, 0.1) is 23.7 Å². The Bertz CT molecular complexity index is 221. The van der Waals surface area contributed by atoms with Crippen molar-refractivity contribution >= 4 is 0 Å². The molecular formula is C18H38O3. The van der Waals surface area contributed by atoms with Crippen molar-refractivity contribution < 1.29 is 15.3 Å². The normalized spacial score (nSPS) is 17.4. The second kappa shape index (κ2) is 13.5. The molecule has 0 saturated carbocycles. The number of unbranched alkanes of at least 4 members (excludes halogenated alkanes) is 1. The van der Waals surface area contributed by atoms with Crippen molar-refractivity contribution in [3.8, 4) is 0 Å². The third-order valence-corrected chi connectivity index (χ3v) is 5.25. The minimum Gasteiger partial charge on any atom is -0.396 e. The molecule has 0 aromatic rings. The average molecular weight is 302 g/mol. The summed E-state index contributed by atoms with van der Waals surface area (Å²) in [5, 5.41) is 27.5. The summed E-state index contributed by atoms with van der Waals surface area (Å²) >= 11 is 0. The van der Waals surface area contributed by atoms with Gasteiger partial charge in [-0.15, -0.1) is 0 Å². The van der Waals surface area contributed by atoms with E-state index in [2.05, 4.69) is 20.8 Å². The first kappa shape index (κ1) is 20.9. The lowest BCUT2D eigenvalue weighted by atomic mass is 9.70. The van der Waals surface area contributed by atoms with Crippen molar-refractivity contribution in [2.75, 3.05) is 19.8 Å². The average Bonchev–Trinajstić information content (AvgIpc) is 2.50. The van der Waals surface area contributed by atoms with Gasteiger partial charge in [-0.1, -0.05) is 46.5 Å². The second-order valence-corrected chi connectivity index (χ2v) is 6.46. The summed E-state index contributed by atoms with van der Waals surface area (Å²) in [5.41, 5.74) is 0. The van der Waals surface area contributed by atoms with Crippen LogP contribution in [-0.2, 0) is 0 Å². The molecule has 0 aromatic carbocycles. The smallest absolute Gasteiger partial charge is 0.0433 e. The van der Waals surface area contributed by atoms with Crippen molar-refractivity contribution in [3.63, 3.8) is 0 Å². The molecule has 0 radical (unpaired) electrons. The molecule has 0 amide bonds. The Morgan fingerprint density at radius 3 is 1.71 bits per heavy atom. The molecule has 0 bridgehead atoms. The van der Waals surface area contributed by atoms with Crippen LogP contribution in [0.25, 0.3) is 0 Å². The lowest BCUT2D eigenvalue weighted by molar-refractivity contribution is 0.111. The zero-order valence-electron chi connectivity index (χ0n) is 14.4. The predicted molar refractivity (Wildman–Crippen MR) is 89.2 cm³/mol. The van der Waals surface area contributed by atoms with Crippen molar-refractivity contribution in [2.45, 2.75) is 72.1 Å². The van der Waals surface area contributed by atoms with Crippen LogP contribution in [0.2, 0.25) is 0 Å². The summed E-state index contributed by atoms with van der Waals surface area (Å²) in [5.74, 6) is 2.43. The molecule has 3 heteroatoms. The SMILES string of the molecule is CCC(CCCCO)C(C)C(CCO)C(CC)CCCO. The van der Waals surface area contributed by atoms with Gasteiger partial charge in [-0.2, -0.15) is 0 Å². The molecule has 0 spiro atoms. The molecule has 0 heterocycles. The maximum atomic E-state index is 9.44. The van der Waals surface area contributed by atoms with Gasteiger partial charge < -0.3 is 15.3 Å². The third kappa shape index (κ3) is 8.18. The van der Waals surface area contributed by atoms with Gasteiger partial charge in [0.05, 0.1) is 0 Å². The van der Waals surface area contributed by atoms with Crippen molar-refractivity contribution in [2.24, 2.45) is 23.7 Å². The van der Waals surface area contributed by atoms with Gasteiger partial charge in [0, 0.05) is 19.8 Å². The first-order valence-electron chi connectivity index (χ1n) is 8.98. The summed E-state index contributed by atoms with van der Waals surface area (Å²) in [6.07, 6.45) is 8.28. The molecular weight excluding hydrogens is 264 g/mol. The standard InChI is InChI=1S/C18H38O3/c1-4-16(9-6-7-12-19)15(3)18(11-14-21)17(5-2)10-8-13-20/h15-21H,4-14H2,1-3H3. The van der Waals surface area contributed by atoms with Crippen LogP contribution >= 0.6 is 0 Å². The van der Waals surface area contributed by atoms with Gasteiger partial charge in [-0.25, -0.2) is 0 Å². The number of aliphatic hydroxyl groups is 3. The van der Waals surface area contributed by atoms with Crippen LogP contribution in [0.3, 0.4) is 0 Å². The zero-order valence-corrected chi connectivity index (χ0v) is 14.4. The van der Waals surface area contributed by atoms with Crippen molar-refractivity contribution in [3.05, 3.63) is 0 Å². The zero-order chi connectivity index (χ0) is 16.1. The van der Waals surface area contributed by atoms with E-state index in [1.54, 1.807) is 0 Å². The molecule has 0 fully saturated rings. The molecule has 3 N–H and O–H groups in total. The van der Waals surface area contributed by atoms with E-state index in [4.69, 9.17) is 10.2 Å². The Kier molecular flexibility index (Phi) is 13.5. The second-order valence-electron chi connectivity index (χ2n) is 6.46. The van der Waals surface area contributed by atoms with Crippen LogP contribution in [0.15, 0.2) is 0 Å². The van der Waals surface area contributed by atoms with Gasteiger partial charge in [0.15, 0.2) is 0 Å². The maximum Gasteiger partial charge on any atom is 0.0433 e. The van der Waals surface area contributed by atoms with E-state index >= 15 is 0 Å². The van der Waals surface area contributed by atoms with E-state index in [-0.39, 0.29) is 13.2 Å². The first-order valence-corrected chi connectivity index (χ1v) is 8.98. The minimum atomic E-state index is 0.262. The first-order chi connectivity index (χ1) is 10.2. The summed E-state index contributed by atoms with van der Waals surface area (Å²) in [6, 6.07) is 0. The molecule has 0 rings (SSSR count). The number of hydrogen-bond acceptors (Lipinski definition) is 3. The van der Waals surface area contributed by atoms with Crippen LogP contribution in [0.4, 0.5) is 0 Å². The fourth-order valence-corrected chi connectivity index (χ4v) is 3.86. The van der Waals surface area contributed by atoms with Crippen molar-refractivity contribution in [1.82, 2.24) is 0 Å². The lowest BCUT2D eigenvalue weighted by Gasteiger charge is -2.36. The summed E-state index contributed by atoms with van der Waals surface area (Å²) in [6.45, 7) is 7.65. The van der Waals surface area contributed by atoms with E-state index in [1.165, 1.54) is 12.8 Å². The highest BCUT2D eigenvalue weighted by atomic mass is 16.3.